The van der Waals surface area contributed by atoms with E-state index in [1.807, 2.05) is 11.9 Å². The molecule has 21 heavy (non-hydrogen) atoms. The summed E-state index contributed by atoms with van der Waals surface area (Å²) in [6.45, 7) is 1.22. The van der Waals surface area contributed by atoms with Crippen LogP contribution in [-0.4, -0.2) is 46.5 Å². The van der Waals surface area contributed by atoms with E-state index in [1.54, 1.807) is 6.07 Å². The van der Waals surface area contributed by atoms with Crippen LogP contribution in [0.3, 0.4) is 0 Å². The summed E-state index contributed by atoms with van der Waals surface area (Å²) in [6.07, 6.45) is 1.76. The number of sulfone groups is 1. The Labute approximate surface area is 124 Å². The molecule has 5 nitrogen and oxygen atoms in total. The maximum absolute atomic E-state index is 13.5. The molecule has 7 heteroatoms. The van der Waals surface area contributed by atoms with Gasteiger partial charge in [0.15, 0.2) is 0 Å². The molecule has 0 bridgehead atoms. The molecule has 2 rings (SSSR count). The van der Waals surface area contributed by atoms with Crippen LogP contribution in [0.4, 0.5) is 15.8 Å². The lowest BCUT2D eigenvalue weighted by atomic mass is 10.2. The number of rotatable bonds is 3. The Kier molecular flexibility index (Phi) is 4.51. The molecular weight excluding hydrogens is 295 g/mol. The molecule has 0 radical (unpaired) electrons. The smallest absolute Gasteiger partial charge is 0.228 e. The van der Waals surface area contributed by atoms with Crippen molar-refractivity contribution in [3.63, 3.8) is 0 Å². The molecule has 0 saturated heterocycles. The van der Waals surface area contributed by atoms with Gasteiger partial charge < -0.3 is 9.80 Å². The van der Waals surface area contributed by atoms with Gasteiger partial charge in [-0.25, -0.2) is 12.8 Å². The van der Waals surface area contributed by atoms with Crippen LogP contribution in [0.15, 0.2) is 18.2 Å². The molecule has 1 aliphatic heterocycles. The first-order valence-electron chi connectivity index (χ1n) is 6.77. The highest BCUT2D eigenvalue weighted by atomic mass is 32.2. The molecule has 1 aliphatic rings. The van der Waals surface area contributed by atoms with E-state index in [9.17, 15) is 17.6 Å². The van der Waals surface area contributed by atoms with Crippen molar-refractivity contribution < 1.29 is 17.6 Å². The second kappa shape index (κ2) is 6.01. The van der Waals surface area contributed by atoms with Crippen molar-refractivity contribution in [3.05, 3.63) is 24.0 Å². The number of halogens is 1. The van der Waals surface area contributed by atoms with E-state index < -0.39 is 15.7 Å². The lowest BCUT2D eigenvalue weighted by Gasteiger charge is -2.24. The van der Waals surface area contributed by atoms with Gasteiger partial charge in [-0.2, -0.15) is 0 Å². The third kappa shape index (κ3) is 3.93. The Morgan fingerprint density at radius 3 is 2.67 bits per heavy atom. The number of hydrogen-bond acceptors (Lipinski definition) is 4. The van der Waals surface area contributed by atoms with Crippen molar-refractivity contribution in [1.82, 2.24) is 0 Å². The fourth-order valence-electron chi connectivity index (χ4n) is 2.41. The highest BCUT2D eigenvalue weighted by Gasteiger charge is 2.24. The molecule has 0 N–H and O–H groups in total. The molecule has 0 saturated carbocycles. The largest absolute Gasteiger partial charge is 0.373 e. The third-order valence-electron chi connectivity index (χ3n) is 3.50. The normalized spacial score (nSPS) is 15.6. The molecule has 0 unspecified atom stereocenters. The molecule has 0 aromatic heterocycles. The summed E-state index contributed by atoms with van der Waals surface area (Å²) in [5.74, 6) is -0.893. The quantitative estimate of drug-likeness (QED) is 0.847. The minimum Gasteiger partial charge on any atom is -0.373 e. The number of carbonyl (C=O) groups excluding carboxylic acids is 1. The number of benzene rings is 1. The topological polar surface area (TPSA) is 57.7 Å². The van der Waals surface area contributed by atoms with Gasteiger partial charge in [0.25, 0.3) is 0 Å². The summed E-state index contributed by atoms with van der Waals surface area (Å²) in [5, 5.41) is 0. The van der Waals surface area contributed by atoms with Crippen LogP contribution < -0.4 is 9.80 Å². The van der Waals surface area contributed by atoms with Crippen molar-refractivity contribution in [2.45, 2.75) is 12.8 Å². The zero-order valence-corrected chi connectivity index (χ0v) is 13.0. The highest BCUT2D eigenvalue weighted by molar-refractivity contribution is 7.90. The van der Waals surface area contributed by atoms with Gasteiger partial charge in [0.1, 0.15) is 15.7 Å². The first kappa shape index (κ1) is 15.8. The Morgan fingerprint density at radius 2 is 2.00 bits per heavy atom. The van der Waals surface area contributed by atoms with Crippen LogP contribution in [0.2, 0.25) is 0 Å². The van der Waals surface area contributed by atoms with Gasteiger partial charge in [-0.3, -0.25) is 4.79 Å². The number of fused-ring (bicyclic) bond motifs is 1. The maximum atomic E-state index is 13.5. The van der Waals surface area contributed by atoms with Crippen LogP contribution in [0.25, 0.3) is 0 Å². The van der Waals surface area contributed by atoms with Crippen molar-refractivity contribution >= 4 is 27.1 Å². The molecule has 0 atom stereocenters. The van der Waals surface area contributed by atoms with E-state index in [1.165, 1.54) is 17.0 Å². The van der Waals surface area contributed by atoms with Crippen molar-refractivity contribution in [1.29, 1.82) is 0 Å². The fourth-order valence-corrected chi connectivity index (χ4v) is 2.95. The van der Waals surface area contributed by atoms with E-state index >= 15 is 0 Å². The molecule has 1 amide bonds. The molecule has 0 spiro atoms. The molecule has 116 valence electrons. The minimum absolute atomic E-state index is 0.0848. The van der Waals surface area contributed by atoms with Gasteiger partial charge in [-0.05, 0) is 24.6 Å². The van der Waals surface area contributed by atoms with Crippen LogP contribution in [0, 0.1) is 5.82 Å². The first-order valence-corrected chi connectivity index (χ1v) is 8.83. The Bertz CT molecular complexity index is 646. The summed E-state index contributed by atoms with van der Waals surface area (Å²) in [6, 6.07) is 4.34. The SMILES string of the molecule is CN1CCCN(C(=O)CCS(C)(=O)=O)c2cc(F)ccc21. The van der Waals surface area contributed by atoms with E-state index in [2.05, 4.69) is 0 Å². The van der Waals surface area contributed by atoms with Crippen LogP contribution in [0.1, 0.15) is 12.8 Å². The number of nitrogens with zero attached hydrogens (tertiary/aromatic N) is 2. The molecule has 1 aromatic rings. The predicted octanol–water partition coefficient (Wildman–Crippen LogP) is 1.43. The van der Waals surface area contributed by atoms with E-state index in [-0.39, 0.29) is 18.1 Å². The number of hydrogen-bond donors (Lipinski definition) is 0. The van der Waals surface area contributed by atoms with E-state index in [0.717, 1.165) is 24.9 Å². The average Bonchev–Trinajstić information content (AvgIpc) is 2.54. The number of anilines is 2. The van der Waals surface area contributed by atoms with Crippen LogP contribution in [-0.2, 0) is 14.6 Å². The second-order valence-electron chi connectivity index (χ2n) is 5.33. The molecule has 1 heterocycles. The number of amides is 1. The van der Waals surface area contributed by atoms with Gasteiger partial charge >= 0.3 is 0 Å². The Morgan fingerprint density at radius 1 is 1.29 bits per heavy atom. The predicted molar refractivity (Wildman–Crippen MR) is 81.0 cm³/mol. The van der Waals surface area contributed by atoms with Crippen molar-refractivity contribution in [3.8, 4) is 0 Å². The average molecular weight is 314 g/mol. The minimum atomic E-state index is -3.20. The van der Waals surface area contributed by atoms with E-state index in [0.29, 0.717) is 12.2 Å². The monoisotopic (exact) mass is 314 g/mol. The summed E-state index contributed by atoms with van der Waals surface area (Å²) < 4.78 is 35.9. The van der Waals surface area contributed by atoms with Gasteiger partial charge in [0.2, 0.25) is 5.91 Å². The summed E-state index contributed by atoms with van der Waals surface area (Å²) >= 11 is 0. The van der Waals surface area contributed by atoms with E-state index in [4.69, 9.17) is 0 Å². The van der Waals surface area contributed by atoms with Crippen LogP contribution >= 0.6 is 0 Å². The summed E-state index contributed by atoms with van der Waals surface area (Å²) in [5.41, 5.74) is 1.29. The summed E-state index contributed by atoms with van der Waals surface area (Å²) in [4.78, 5) is 15.8. The fraction of sp³-hybridized carbons (Fsp3) is 0.500. The molecule has 0 fully saturated rings. The lowest BCUT2D eigenvalue weighted by molar-refractivity contribution is -0.118. The zero-order chi connectivity index (χ0) is 15.6. The van der Waals surface area contributed by atoms with Gasteiger partial charge in [0, 0.05) is 32.8 Å². The highest BCUT2D eigenvalue weighted by Crippen LogP contribution is 2.32. The van der Waals surface area contributed by atoms with Crippen molar-refractivity contribution in [2.24, 2.45) is 0 Å². The van der Waals surface area contributed by atoms with Crippen LogP contribution in [0.5, 0.6) is 0 Å². The van der Waals surface area contributed by atoms with Gasteiger partial charge in [-0.15, -0.1) is 0 Å². The van der Waals surface area contributed by atoms with Gasteiger partial charge in [0.05, 0.1) is 17.1 Å². The molecule has 0 aliphatic carbocycles. The third-order valence-corrected chi connectivity index (χ3v) is 4.45. The first-order chi connectivity index (χ1) is 9.78. The number of carbonyl (C=O) groups is 1. The lowest BCUT2D eigenvalue weighted by Crippen LogP contribution is -2.32. The zero-order valence-electron chi connectivity index (χ0n) is 12.2. The Balaban J connectivity index is 2.29. The molecule has 1 aromatic carbocycles. The second-order valence-corrected chi connectivity index (χ2v) is 7.59. The standard InChI is InChI=1S/C14H19FN2O3S/c1-16-7-3-8-17(14(18)6-9-21(2,19)20)13-10-11(15)4-5-12(13)16/h4-5,10H,3,6-9H2,1-2H3. The summed E-state index contributed by atoms with van der Waals surface area (Å²) in [7, 11) is -1.31. The van der Waals surface area contributed by atoms with Crippen molar-refractivity contribution in [2.75, 3.05) is 41.9 Å². The molecular formula is C14H19FN2O3S. The van der Waals surface area contributed by atoms with Gasteiger partial charge in [-0.1, -0.05) is 0 Å². The Hall–Kier alpha value is -1.63. The maximum Gasteiger partial charge on any atom is 0.228 e.